The van der Waals surface area contributed by atoms with Gasteiger partial charge in [-0.1, -0.05) is 0 Å². The van der Waals surface area contributed by atoms with Crippen molar-refractivity contribution in [3.05, 3.63) is 29.8 Å². The van der Waals surface area contributed by atoms with Crippen molar-refractivity contribution in [1.82, 2.24) is 0 Å². The molecule has 0 aliphatic heterocycles. The second-order valence-corrected chi connectivity index (χ2v) is 5.18. The summed E-state index contributed by atoms with van der Waals surface area (Å²) in [5, 5.41) is 1.14. The number of hydrogen-bond acceptors (Lipinski definition) is 0. The van der Waals surface area contributed by atoms with Crippen LogP contribution in [0.4, 0.5) is 0 Å². The fourth-order valence-corrected chi connectivity index (χ4v) is 2.54. The summed E-state index contributed by atoms with van der Waals surface area (Å²) in [5.74, 6) is 0.786. The van der Waals surface area contributed by atoms with Crippen molar-refractivity contribution >= 4 is 31.0 Å². The van der Waals surface area contributed by atoms with Gasteiger partial charge in [-0.25, -0.2) is 0 Å². The minimum atomic E-state index is 0.579. The van der Waals surface area contributed by atoms with E-state index in [-0.39, 0.29) is 0 Å². The Morgan fingerprint density at radius 2 is 1.91 bits per heavy atom. The van der Waals surface area contributed by atoms with Crippen molar-refractivity contribution in [1.29, 1.82) is 0 Å². The predicted molar refractivity (Wildman–Crippen MR) is 52.1 cm³/mol. The first-order valence-electron chi connectivity index (χ1n) is 3.58. The van der Waals surface area contributed by atoms with E-state index in [1.54, 1.807) is 0 Å². The van der Waals surface area contributed by atoms with E-state index in [0.29, 0.717) is 15.0 Å². The number of rotatable bonds is 3. The zero-order valence-corrected chi connectivity index (χ0v) is 8.98. The summed E-state index contributed by atoms with van der Waals surface area (Å²) in [6.07, 6.45) is 0. The topological polar surface area (TPSA) is 0 Å². The Bertz CT molecular complexity index is 205. The maximum atomic E-state index is 5.60. The summed E-state index contributed by atoms with van der Waals surface area (Å²) >= 11 is 6.18. The van der Waals surface area contributed by atoms with Crippen LogP contribution in [0.3, 0.4) is 0 Å². The van der Waals surface area contributed by atoms with Crippen LogP contribution in [0.1, 0.15) is 5.56 Å². The normalized spacial score (nSPS) is 10.0. The first-order valence-corrected chi connectivity index (χ1v) is 6.18. The van der Waals surface area contributed by atoms with E-state index in [1.807, 2.05) is 0 Å². The van der Waals surface area contributed by atoms with Crippen LogP contribution in [0.2, 0.25) is 5.32 Å². The number of benzene rings is 1. The van der Waals surface area contributed by atoms with E-state index in [0.717, 1.165) is 11.2 Å². The monoisotopic (exact) mass is 234 g/mol. The van der Waals surface area contributed by atoms with E-state index in [4.69, 9.17) is 11.6 Å². The summed E-state index contributed by atoms with van der Waals surface area (Å²) < 4.78 is 1.45. The summed E-state index contributed by atoms with van der Waals surface area (Å²) in [7, 11) is 0. The fraction of sp³-hybridized carbons (Fsp3) is 0.333. The minimum absolute atomic E-state index is 0.579. The second kappa shape index (κ2) is 4.82. The molecule has 60 valence electrons. The summed E-state index contributed by atoms with van der Waals surface area (Å²) in [4.78, 5) is 0. The molecule has 0 saturated carbocycles. The molecule has 0 aromatic heterocycles. The van der Waals surface area contributed by atoms with Crippen LogP contribution in [-0.4, -0.2) is 20.8 Å². The Labute approximate surface area is 79.1 Å². The Hall–Kier alpha value is 0.0295. The standard InChI is InChI=1S/C9H11ClSe/c1-8-2-4-9(5-3-8)11-7-6-10/h2-5H,6-7H2,1H3. The zero-order chi connectivity index (χ0) is 8.10. The van der Waals surface area contributed by atoms with Crippen LogP contribution in [-0.2, 0) is 0 Å². The van der Waals surface area contributed by atoms with Gasteiger partial charge in [0.1, 0.15) is 0 Å². The summed E-state index contributed by atoms with van der Waals surface area (Å²) in [6, 6.07) is 8.71. The molecule has 0 aliphatic carbocycles. The molecular formula is C9H11ClSe. The summed E-state index contributed by atoms with van der Waals surface area (Å²) in [6.45, 7) is 2.11. The first-order chi connectivity index (χ1) is 5.33. The SMILES string of the molecule is Cc1ccc([Se]CCCl)cc1. The van der Waals surface area contributed by atoms with E-state index in [2.05, 4.69) is 31.2 Å². The number of aryl methyl sites for hydroxylation is 1. The molecule has 0 fully saturated rings. The van der Waals surface area contributed by atoms with Gasteiger partial charge in [-0.15, -0.1) is 0 Å². The molecule has 0 bridgehead atoms. The van der Waals surface area contributed by atoms with Crippen LogP contribution < -0.4 is 4.46 Å². The van der Waals surface area contributed by atoms with E-state index in [9.17, 15) is 0 Å². The van der Waals surface area contributed by atoms with Crippen LogP contribution in [0.25, 0.3) is 0 Å². The Morgan fingerprint density at radius 3 is 2.45 bits per heavy atom. The van der Waals surface area contributed by atoms with Crippen LogP contribution in [0.5, 0.6) is 0 Å². The predicted octanol–water partition coefficient (Wildman–Crippen LogP) is 1.98. The molecule has 0 N–H and O–H groups in total. The third kappa shape index (κ3) is 3.29. The average Bonchev–Trinajstić information content (AvgIpc) is 2.04. The van der Waals surface area contributed by atoms with Gasteiger partial charge in [-0.05, 0) is 0 Å². The number of hydrogen-bond donors (Lipinski definition) is 0. The first kappa shape index (κ1) is 9.12. The van der Waals surface area contributed by atoms with E-state index in [1.165, 1.54) is 10.0 Å². The van der Waals surface area contributed by atoms with Gasteiger partial charge >= 0.3 is 79.0 Å². The average molecular weight is 234 g/mol. The van der Waals surface area contributed by atoms with Crippen LogP contribution in [0.15, 0.2) is 24.3 Å². The molecule has 0 nitrogen and oxygen atoms in total. The maximum absolute atomic E-state index is 5.60. The van der Waals surface area contributed by atoms with Gasteiger partial charge in [0.05, 0.1) is 0 Å². The number of alkyl halides is 1. The van der Waals surface area contributed by atoms with Gasteiger partial charge in [0.15, 0.2) is 0 Å². The molecule has 1 rings (SSSR count). The molecule has 0 radical (unpaired) electrons. The number of halogens is 1. The van der Waals surface area contributed by atoms with Crippen molar-refractivity contribution in [2.45, 2.75) is 12.2 Å². The molecule has 1 aromatic rings. The Balaban J connectivity index is 2.52. The van der Waals surface area contributed by atoms with Gasteiger partial charge in [0.2, 0.25) is 0 Å². The van der Waals surface area contributed by atoms with Crippen LogP contribution in [0, 0.1) is 6.92 Å². The molecule has 1 aromatic carbocycles. The molecule has 2 heteroatoms. The summed E-state index contributed by atoms with van der Waals surface area (Å²) in [5.41, 5.74) is 1.33. The molecule has 0 heterocycles. The van der Waals surface area contributed by atoms with Crippen molar-refractivity contribution in [2.24, 2.45) is 0 Å². The molecule has 0 spiro atoms. The van der Waals surface area contributed by atoms with Gasteiger partial charge in [0, 0.05) is 0 Å². The molecule has 0 amide bonds. The van der Waals surface area contributed by atoms with Crippen molar-refractivity contribution in [3.8, 4) is 0 Å². The molecule has 0 saturated heterocycles. The second-order valence-electron chi connectivity index (χ2n) is 2.35. The van der Waals surface area contributed by atoms with E-state index < -0.39 is 0 Å². The van der Waals surface area contributed by atoms with Gasteiger partial charge in [-0.3, -0.25) is 0 Å². The van der Waals surface area contributed by atoms with Gasteiger partial charge < -0.3 is 0 Å². The molecule has 0 aliphatic rings. The molecule has 0 atom stereocenters. The third-order valence-electron chi connectivity index (χ3n) is 1.37. The Morgan fingerprint density at radius 1 is 1.27 bits per heavy atom. The van der Waals surface area contributed by atoms with E-state index >= 15 is 0 Å². The quantitative estimate of drug-likeness (QED) is 0.553. The van der Waals surface area contributed by atoms with Crippen molar-refractivity contribution in [2.75, 3.05) is 5.88 Å². The molecular weight excluding hydrogens is 223 g/mol. The molecule has 0 unspecified atom stereocenters. The van der Waals surface area contributed by atoms with Crippen LogP contribution >= 0.6 is 11.6 Å². The molecule has 11 heavy (non-hydrogen) atoms. The Kier molecular flexibility index (Phi) is 3.99. The zero-order valence-electron chi connectivity index (χ0n) is 6.51. The fourth-order valence-electron chi connectivity index (χ4n) is 0.791. The van der Waals surface area contributed by atoms with Gasteiger partial charge in [0.25, 0.3) is 0 Å². The van der Waals surface area contributed by atoms with Crippen molar-refractivity contribution in [3.63, 3.8) is 0 Å². The van der Waals surface area contributed by atoms with Gasteiger partial charge in [-0.2, -0.15) is 0 Å². The van der Waals surface area contributed by atoms with Crippen molar-refractivity contribution < 1.29 is 0 Å². The third-order valence-corrected chi connectivity index (χ3v) is 4.19.